The van der Waals surface area contributed by atoms with Gasteiger partial charge in [0.2, 0.25) is 0 Å². The van der Waals surface area contributed by atoms with Crippen molar-refractivity contribution in [1.29, 1.82) is 0 Å². The van der Waals surface area contributed by atoms with Crippen LogP contribution in [-0.4, -0.2) is 9.55 Å². The first-order chi connectivity index (χ1) is 10.1. The van der Waals surface area contributed by atoms with Crippen molar-refractivity contribution in [2.24, 2.45) is 5.73 Å². The van der Waals surface area contributed by atoms with E-state index >= 15 is 0 Å². The van der Waals surface area contributed by atoms with Crippen LogP contribution in [0, 0.1) is 20.8 Å². The van der Waals surface area contributed by atoms with E-state index < -0.39 is 0 Å². The van der Waals surface area contributed by atoms with E-state index in [0.29, 0.717) is 6.54 Å². The third kappa shape index (κ3) is 2.57. The number of hydrogen-bond acceptors (Lipinski definition) is 2. The van der Waals surface area contributed by atoms with Crippen LogP contribution in [0.2, 0.25) is 0 Å². The monoisotopic (exact) mass is 279 g/mol. The number of aryl methyl sites for hydroxylation is 3. The van der Waals surface area contributed by atoms with Gasteiger partial charge in [0.15, 0.2) is 0 Å². The number of nitrogens with zero attached hydrogens (tertiary/aromatic N) is 2. The quantitative estimate of drug-likeness (QED) is 0.798. The van der Waals surface area contributed by atoms with Gasteiger partial charge in [-0.2, -0.15) is 0 Å². The van der Waals surface area contributed by atoms with Crippen LogP contribution >= 0.6 is 0 Å². The average Bonchev–Trinajstić information content (AvgIpc) is 2.76. The lowest BCUT2D eigenvalue weighted by molar-refractivity contribution is 0.785. The number of fused-ring (bicyclic) bond motifs is 1. The molecule has 0 amide bonds. The van der Waals surface area contributed by atoms with Crippen molar-refractivity contribution < 1.29 is 0 Å². The van der Waals surface area contributed by atoms with E-state index in [2.05, 4.69) is 66.7 Å². The van der Waals surface area contributed by atoms with E-state index in [1.807, 2.05) is 0 Å². The second kappa shape index (κ2) is 5.34. The summed E-state index contributed by atoms with van der Waals surface area (Å²) >= 11 is 0. The summed E-state index contributed by atoms with van der Waals surface area (Å²) in [4.78, 5) is 4.69. The van der Waals surface area contributed by atoms with E-state index in [-0.39, 0.29) is 0 Å². The Morgan fingerprint density at radius 2 is 1.57 bits per heavy atom. The predicted molar refractivity (Wildman–Crippen MR) is 87.4 cm³/mol. The highest BCUT2D eigenvalue weighted by Gasteiger charge is 2.09. The molecule has 0 aliphatic heterocycles. The minimum atomic E-state index is 0.589. The molecule has 0 atom stereocenters. The van der Waals surface area contributed by atoms with E-state index in [4.69, 9.17) is 5.73 Å². The highest BCUT2D eigenvalue weighted by molar-refractivity contribution is 5.78. The average molecular weight is 279 g/mol. The van der Waals surface area contributed by atoms with E-state index in [1.54, 1.807) is 0 Å². The summed E-state index contributed by atoms with van der Waals surface area (Å²) in [7, 11) is 0. The second-order valence-electron chi connectivity index (χ2n) is 5.69. The third-order valence-electron chi connectivity index (χ3n) is 4.15. The van der Waals surface area contributed by atoms with Gasteiger partial charge < -0.3 is 10.3 Å². The van der Waals surface area contributed by atoms with Gasteiger partial charge in [0.1, 0.15) is 5.82 Å². The Labute approximate surface area is 125 Å². The molecule has 0 aliphatic carbocycles. The molecule has 1 heterocycles. The Kier molecular flexibility index (Phi) is 3.52. The molecule has 2 N–H and O–H groups in total. The molecule has 0 aliphatic rings. The van der Waals surface area contributed by atoms with Gasteiger partial charge in [-0.05, 0) is 55.2 Å². The Morgan fingerprint density at radius 3 is 2.24 bits per heavy atom. The van der Waals surface area contributed by atoms with Gasteiger partial charge in [-0.15, -0.1) is 0 Å². The number of benzene rings is 2. The number of aromatic nitrogens is 2. The van der Waals surface area contributed by atoms with Crippen molar-refractivity contribution in [2.75, 3.05) is 0 Å². The normalized spacial score (nSPS) is 11.2. The molecule has 0 spiro atoms. The molecule has 3 heteroatoms. The van der Waals surface area contributed by atoms with Gasteiger partial charge in [0.25, 0.3) is 0 Å². The number of imidazole rings is 1. The van der Waals surface area contributed by atoms with Crippen LogP contribution in [0.25, 0.3) is 11.0 Å². The van der Waals surface area contributed by atoms with E-state index in [9.17, 15) is 0 Å². The Hall–Kier alpha value is -2.13. The van der Waals surface area contributed by atoms with Gasteiger partial charge in [0, 0.05) is 13.1 Å². The van der Waals surface area contributed by atoms with Gasteiger partial charge in [-0.1, -0.05) is 24.3 Å². The molecular formula is C18H21N3. The van der Waals surface area contributed by atoms with Crippen LogP contribution < -0.4 is 5.73 Å². The van der Waals surface area contributed by atoms with Crippen molar-refractivity contribution in [3.63, 3.8) is 0 Å². The van der Waals surface area contributed by atoms with Crippen molar-refractivity contribution >= 4 is 11.0 Å². The van der Waals surface area contributed by atoms with Gasteiger partial charge >= 0.3 is 0 Å². The lowest BCUT2D eigenvalue weighted by Gasteiger charge is -2.09. The molecule has 3 rings (SSSR count). The molecule has 0 saturated carbocycles. The smallest absolute Gasteiger partial charge is 0.107 e. The Morgan fingerprint density at radius 1 is 0.952 bits per heavy atom. The topological polar surface area (TPSA) is 43.8 Å². The summed E-state index contributed by atoms with van der Waals surface area (Å²) in [5.41, 5.74) is 13.0. The lowest BCUT2D eigenvalue weighted by atomic mass is 10.1. The standard InChI is InChI=1S/C18H21N3/c1-12-8-17-18(9-13(12)2)21(14(3)20-17)11-16-6-4-15(10-19)5-7-16/h4-9H,10-11,19H2,1-3H3. The summed E-state index contributed by atoms with van der Waals surface area (Å²) < 4.78 is 2.28. The van der Waals surface area contributed by atoms with Gasteiger partial charge in [-0.25, -0.2) is 4.98 Å². The molecule has 0 saturated heterocycles. The zero-order chi connectivity index (χ0) is 15.0. The fraction of sp³-hybridized carbons (Fsp3) is 0.278. The summed E-state index contributed by atoms with van der Waals surface area (Å²) in [6.45, 7) is 7.78. The third-order valence-corrected chi connectivity index (χ3v) is 4.15. The largest absolute Gasteiger partial charge is 0.326 e. The fourth-order valence-electron chi connectivity index (χ4n) is 2.66. The molecule has 0 fully saturated rings. The van der Waals surface area contributed by atoms with Crippen LogP contribution in [0.4, 0.5) is 0 Å². The predicted octanol–water partition coefficient (Wildman–Crippen LogP) is 3.47. The van der Waals surface area contributed by atoms with Crippen LogP contribution in [0.15, 0.2) is 36.4 Å². The second-order valence-corrected chi connectivity index (χ2v) is 5.69. The summed E-state index contributed by atoms with van der Waals surface area (Å²) in [6.07, 6.45) is 0. The van der Waals surface area contributed by atoms with E-state index in [0.717, 1.165) is 23.4 Å². The summed E-state index contributed by atoms with van der Waals surface area (Å²) in [6, 6.07) is 12.9. The fourth-order valence-corrected chi connectivity index (χ4v) is 2.66. The minimum Gasteiger partial charge on any atom is -0.326 e. The van der Waals surface area contributed by atoms with Crippen molar-refractivity contribution in [1.82, 2.24) is 9.55 Å². The maximum atomic E-state index is 5.65. The van der Waals surface area contributed by atoms with Crippen LogP contribution in [-0.2, 0) is 13.1 Å². The molecule has 0 radical (unpaired) electrons. The Bertz CT molecular complexity index is 782. The van der Waals surface area contributed by atoms with Crippen LogP contribution in [0.3, 0.4) is 0 Å². The molecule has 21 heavy (non-hydrogen) atoms. The first-order valence-corrected chi connectivity index (χ1v) is 7.30. The molecule has 1 aromatic heterocycles. The summed E-state index contributed by atoms with van der Waals surface area (Å²) in [5, 5.41) is 0. The maximum Gasteiger partial charge on any atom is 0.107 e. The summed E-state index contributed by atoms with van der Waals surface area (Å²) in [5.74, 6) is 1.05. The zero-order valence-electron chi connectivity index (χ0n) is 12.9. The molecular weight excluding hydrogens is 258 g/mol. The maximum absolute atomic E-state index is 5.65. The molecule has 3 aromatic rings. The first kappa shape index (κ1) is 13.8. The van der Waals surface area contributed by atoms with Gasteiger partial charge in [0.05, 0.1) is 11.0 Å². The van der Waals surface area contributed by atoms with Crippen molar-refractivity contribution in [3.05, 3.63) is 64.5 Å². The molecule has 2 aromatic carbocycles. The molecule has 108 valence electrons. The van der Waals surface area contributed by atoms with Crippen LogP contribution in [0.1, 0.15) is 28.1 Å². The highest BCUT2D eigenvalue weighted by atomic mass is 15.1. The van der Waals surface area contributed by atoms with E-state index in [1.165, 1.54) is 22.2 Å². The number of nitrogens with two attached hydrogens (primary N) is 1. The van der Waals surface area contributed by atoms with Crippen LogP contribution in [0.5, 0.6) is 0 Å². The number of hydrogen-bond donors (Lipinski definition) is 1. The minimum absolute atomic E-state index is 0.589. The molecule has 0 unspecified atom stereocenters. The lowest BCUT2D eigenvalue weighted by Crippen LogP contribution is -2.03. The van der Waals surface area contributed by atoms with Crippen molar-refractivity contribution in [2.45, 2.75) is 33.9 Å². The van der Waals surface area contributed by atoms with Gasteiger partial charge in [-0.3, -0.25) is 0 Å². The first-order valence-electron chi connectivity index (χ1n) is 7.30. The number of rotatable bonds is 3. The highest BCUT2D eigenvalue weighted by Crippen LogP contribution is 2.21. The zero-order valence-corrected chi connectivity index (χ0v) is 12.9. The SMILES string of the molecule is Cc1cc2nc(C)n(Cc3ccc(CN)cc3)c2cc1C. The molecule has 3 nitrogen and oxygen atoms in total. The Balaban J connectivity index is 2.03. The van der Waals surface area contributed by atoms with Crippen molar-refractivity contribution in [3.8, 4) is 0 Å². The molecule has 0 bridgehead atoms.